The van der Waals surface area contributed by atoms with Crippen molar-refractivity contribution in [3.8, 4) is 0 Å². The summed E-state index contributed by atoms with van der Waals surface area (Å²) in [5.74, 6) is 0. The third-order valence-electron chi connectivity index (χ3n) is 4.31. The number of nitrogens with one attached hydrogen (secondary N) is 1. The largest absolute Gasteiger partial charge is 0.317 e. The molecule has 2 heteroatoms. The van der Waals surface area contributed by atoms with Gasteiger partial charge >= 0.3 is 0 Å². The minimum absolute atomic E-state index is 0.256. The van der Waals surface area contributed by atoms with Crippen LogP contribution in [0.1, 0.15) is 20.8 Å². The highest BCUT2D eigenvalue weighted by Crippen LogP contribution is 2.41. The van der Waals surface area contributed by atoms with Crippen molar-refractivity contribution in [1.82, 2.24) is 5.32 Å². The van der Waals surface area contributed by atoms with Crippen LogP contribution >= 0.6 is 7.92 Å². The molecule has 1 atom stereocenters. The zero-order valence-corrected chi connectivity index (χ0v) is 14.4. The SMILES string of the molecule is CNC(C)C(C)(C)CP(c1ccccc1)c1ccccc1. The molecule has 112 valence electrons. The zero-order valence-electron chi connectivity index (χ0n) is 13.5. The molecule has 1 nitrogen and oxygen atoms in total. The van der Waals surface area contributed by atoms with Crippen LogP contribution in [0.5, 0.6) is 0 Å². The van der Waals surface area contributed by atoms with Gasteiger partial charge in [-0.2, -0.15) is 0 Å². The van der Waals surface area contributed by atoms with E-state index < -0.39 is 0 Å². The molecular weight excluding hydrogens is 273 g/mol. The lowest BCUT2D eigenvalue weighted by molar-refractivity contribution is 0.307. The molecule has 0 spiro atoms. The van der Waals surface area contributed by atoms with Crippen molar-refractivity contribution in [2.24, 2.45) is 5.41 Å². The normalized spacial score (nSPS) is 13.4. The third kappa shape index (κ3) is 4.15. The number of hydrogen-bond acceptors (Lipinski definition) is 1. The first-order valence-corrected chi connectivity index (χ1v) is 9.12. The summed E-state index contributed by atoms with van der Waals surface area (Å²) < 4.78 is 0. The summed E-state index contributed by atoms with van der Waals surface area (Å²) in [4.78, 5) is 0. The van der Waals surface area contributed by atoms with Gasteiger partial charge in [0.1, 0.15) is 0 Å². The van der Waals surface area contributed by atoms with E-state index >= 15 is 0 Å². The molecule has 21 heavy (non-hydrogen) atoms. The lowest BCUT2D eigenvalue weighted by atomic mass is 9.88. The van der Waals surface area contributed by atoms with E-state index in [0.29, 0.717) is 6.04 Å². The molecule has 0 aromatic heterocycles. The van der Waals surface area contributed by atoms with Crippen molar-refractivity contribution in [1.29, 1.82) is 0 Å². The Morgan fingerprint density at radius 1 is 0.905 bits per heavy atom. The van der Waals surface area contributed by atoms with Crippen LogP contribution < -0.4 is 15.9 Å². The predicted octanol–water partition coefficient (Wildman–Crippen LogP) is 3.75. The van der Waals surface area contributed by atoms with E-state index in [0.717, 1.165) is 0 Å². The maximum atomic E-state index is 3.42. The van der Waals surface area contributed by atoms with Crippen LogP contribution in [0.3, 0.4) is 0 Å². The van der Waals surface area contributed by atoms with Crippen LogP contribution in [0.2, 0.25) is 0 Å². The minimum Gasteiger partial charge on any atom is -0.317 e. The van der Waals surface area contributed by atoms with E-state index in [-0.39, 0.29) is 13.3 Å². The van der Waals surface area contributed by atoms with Crippen LogP contribution in [0.25, 0.3) is 0 Å². The molecule has 0 radical (unpaired) electrons. The Hall–Kier alpha value is -1.17. The lowest BCUT2D eigenvalue weighted by Gasteiger charge is -2.35. The fourth-order valence-electron chi connectivity index (χ4n) is 2.48. The Morgan fingerprint density at radius 3 is 1.71 bits per heavy atom. The van der Waals surface area contributed by atoms with Gasteiger partial charge in [-0.15, -0.1) is 0 Å². The molecular formula is C19H26NP. The highest BCUT2D eigenvalue weighted by atomic mass is 31.1. The molecule has 0 saturated carbocycles. The van der Waals surface area contributed by atoms with Crippen LogP contribution in [-0.2, 0) is 0 Å². The summed E-state index contributed by atoms with van der Waals surface area (Å²) >= 11 is 0. The second kappa shape index (κ2) is 7.20. The average molecular weight is 299 g/mol. The van der Waals surface area contributed by atoms with E-state index in [1.165, 1.54) is 16.8 Å². The molecule has 2 aromatic rings. The molecule has 2 rings (SSSR count). The maximum absolute atomic E-state index is 3.42. The fourth-order valence-corrected chi connectivity index (χ4v) is 5.30. The van der Waals surface area contributed by atoms with Crippen molar-refractivity contribution in [3.63, 3.8) is 0 Å². The summed E-state index contributed by atoms with van der Waals surface area (Å²) in [5, 5.41) is 6.36. The van der Waals surface area contributed by atoms with Crippen LogP contribution in [-0.4, -0.2) is 19.3 Å². The average Bonchev–Trinajstić information content (AvgIpc) is 2.53. The summed E-state index contributed by atoms with van der Waals surface area (Å²) in [6, 6.07) is 22.4. The van der Waals surface area contributed by atoms with Crippen LogP contribution in [0, 0.1) is 5.41 Å². The molecule has 0 aliphatic rings. The van der Waals surface area contributed by atoms with Gasteiger partial charge in [-0.25, -0.2) is 0 Å². The molecule has 0 amide bonds. The first kappa shape index (κ1) is 16.2. The zero-order chi connectivity index (χ0) is 15.3. The van der Waals surface area contributed by atoms with E-state index in [9.17, 15) is 0 Å². The molecule has 0 aliphatic heterocycles. The van der Waals surface area contributed by atoms with Gasteiger partial charge in [0.15, 0.2) is 0 Å². The molecule has 0 heterocycles. The number of hydrogen-bond donors (Lipinski definition) is 1. The van der Waals surface area contributed by atoms with E-state index in [1.54, 1.807) is 0 Å². The Morgan fingerprint density at radius 2 is 1.33 bits per heavy atom. The van der Waals surface area contributed by atoms with Gasteiger partial charge in [-0.3, -0.25) is 0 Å². The van der Waals surface area contributed by atoms with Crippen molar-refractivity contribution in [2.45, 2.75) is 26.8 Å². The van der Waals surface area contributed by atoms with Crippen molar-refractivity contribution in [2.75, 3.05) is 13.2 Å². The van der Waals surface area contributed by atoms with E-state index in [1.807, 2.05) is 0 Å². The standard InChI is InChI=1S/C19H26NP/c1-16(20-4)19(2,3)15-21(17-11-7-5-8-12-17)18-13-9-6-10-14-18/h5-14,16,20H,15H2,1-4H3. The molecule has 1 unspecified atom stereocenters. The van der Waals surface area contributed by atoms with Crippen molar-refractivity contribution >= 4 is 18.5 Å². The number of benzene rings is 2. The van der Waals surface area contributed by atoms with Gasteiger partial charge < -0.3 is 5.32 Å². The predicted molar refractivity (Wildman–Crippen MR) is 96.2 cm³/mol. The monoisotopic (exact) mass is 299 g/mol. The Balaban J connectivity index is 2.34. The minimum atomic E-state index is -0.317. The second-order valence-electron chi connectivity index (χ2n) is 6.26. The second-order valence-corrected chi connectivity index (χ2v) is 8.46. The summed E-state index contributed by atoms with van der Waals surface area (Å²) in [5.41, 5.74) is 0.256. The van der Waals surface area contributed by atoms with Crippen molar-refractivity contribution < 1.29 is 0 Å². The molecule has 0 fully saturated rings. The highest BCUT2D eigenvalue weighted by molar-refractivity contribution is 7.73. The van der Waals surface area contributed by atoms with E-state index in [4.69, 9.17) is 0 Å². The topological polar surface area (TPSA) is 12.0 Å². The van der Waals surface area contributed by atoms with Gasteiger partial charge in [0.25, 0.3) is 0 Å². The third-order valence-corrected chi connectivity index (χ3v) is 7.28. The molecule has 0 bridgehead atoms. The smallest absolute Gasteiger partial charge is 0.00904 e. The fraction of sp³-hybridized carbons (Fsp3) is 0.368. The Kier molecular flexibility index (Phi) is 5.56. The Labute approximate surface area is 130 Å². The first-order chi connectivity index (χ1) is 10.0. The Bertz CT molecular complexity index is 497. The summed E-state index contributed by atoms with van der Waals surface area (Å²) in [6.07, 6.45) is 1.19. The quantitative estimate of drug-likeness (QED) is 0.801. The lowest BCUT2D eigenvalue weighted by Crippen LogP contribution is -2.40. The molecule has 0 aliphatic carbocycles. The van der Waals surface area contributed by atoms with Crippen LogP contribution in [0.4, 0.5) is 0 Å². The van der Waals surface area contributed by atoms with Gasteiger partial charge in [0.2, 0.25) is 0 Å². The van der Waals surface area contributed by atoms with Gasteiger partial charge in [0, 0.05) is 6.04 Å². The molecule has 0 saturated heterocycles. The summed E-state index contributed by atoms with van der Waals surface area (Å²) in [6.45, 7) is 7.02. The maximum Gasteiger partial charge on any atom is 0.00904 e. The van der Waals surface area contributed by atoms with Crippen molar-refractivity contribution in [3.05, 3.63) is 60.7 Å². The number of rotatable bonds is 6. The summed E-state index contributed by atoms with van der Waals surface area (Å²) in [7, 11) is 1.74. The van der Waals surface area contributed by atoms with Crippen LogP contribution in [0.15, 0.2) is 60.7 Å². The van der Waals surface area contributed by atoms with E-state index in [2.05, 4.69) is 93.8 Å². The highest BCUT2D eigenvalue weighted by Gasteiger charge is 2.29. The first-order valence-electron chi connectivity index (χ1n) is 7.59. The van der Waals surface area contributed by atoms with Gasteiger partial charge in [0.05, 0.1) is 0 Å². The van der Waals surface area contributed by atoms with Gasteiger partial charge in [-0.1, -0.05) is 74.5 Å². The van der Waals surface area contributed by atoms with Gasteiger partial charge in [-0.05, 0) is 44.1 Å². The molecule has 2 aromatic carbocycles. The molecule has 1 N–H and O–H groups in total.